The second-order valence-electron chi connectivity index (χ2n) is 6.34. The second kappa shape index (κ2) is 5.96. The van der Waals surface area contributed by atoms with Crippen LogP contribution in [0, 0.1) is 5.92 Å². The summed E-state index contributed by atoms with van der Waals surface area (Å²) in [5, 5.41) is 6.56. The largest absolute Gasteiger partial charge is 0.349 e. The molecular formula is C17H24N2O. The molecule has 0 bridgehead atoms. The van der Waals surface area contributed by atoms with Gasteiger partial charge in [0.25, 0.3) is 5.91 Å². The number of carbonyl (C=O) groups is 1. The van der Waals surface area contributed by atoms with Crippen molar-refractivity contribution in [3.63, 3.8) is 0 Å². The molecule has 3 nitrogen and oxygen atoms in total. The Morgan fingerprint density at radius 2 is 2.00 bits per heavy atom. The molecule has 0 radical (unpaired) electrons. The maximum atomic E-state index is 12.3. The average molecular weight is 272 g/mol. The average Bonchev–Trinajstić information content (AvgIpc) is 2.49. The zero-order valence-electron chi connectivity index (χ0n) is 12.2. The van der Waals surface area contributed by atoms with E-state index in [1.54, 1.807) is 0 Å². The van der Waals surface area contributed by atoms with Gasteiger partial charge in [0.1, 0.15) is 0 Å². The molecule has 1 amide bonds. The summed E-state index contributed by atoms with van der Waals surface area (Å²) in [5.41, 5.74) is 3.47. The predicted octanol–water partition coefficient (Wildman–Crippen LogP) is 2.64. The first-order chi connectivity index (χ1) is 9.72. The van der Waals surface area contributed by atoms with Crippen molar-refractivity contribution in [3.8, 4) is 0 Å². The van der Waals surface area contributed by atoms with E-state index in [0.29, 0.717) is 6.04 Å². The highest BCUT2D eigenvalue weighted by atomic mass is 16.1. The number of benzene rings is 1. The van der Waals surface area contributed by atoms with Gasteiger partial charge < -0.3 is 10.6 Å². The second-order valence-corrected chi connectivity index (χ2v) is 6.34. The van der Waals surface area contributed by atoms with Gasteiger partial charge in [-0.25, -0.2) is 0 Å². The van der Waals surface area contributed by atoms with Gasteiger partial charge in [-0.2, -0.15) is 0 Å². The lowest BCUT2D eigenvalue weighted by Gasteiger charge is -2.27. The van der Waals surface area contributed by atoms with Gasteiger partial charge in [0, 0.05) is 18.2 Å². The van der Waals surface area contributed by atoms with E-state index in [9.17, 15) is 4.79 Å². The molecule has 1 aliphatic heterocycles. The van der Waals surface area contributed by atoms with Crippen molar-refractivity contribution in [1.82, 2.24) is 10.6 Å². The molecule has 1 fully saturated rings. The van der Waals surface area contributed by atoms with Crippen LogP contribution in [0.15, 0.2) is 18.2 Å². The fourth-order valence-corrected chi connectivity index (χ4v) is 3.29. The van der Waals surface area contributed by atoms with Crippen LogP contribution in [0.1, 0.15) is 54.1 Å². The van der Waals surface area contributed by atoms with Crippen LogP contribution in [-0.4, -0.2) is 18.5 Å². The van der Waals surface area contributed by atoms with Crippen molar-refractivity contribution >= 4 is 5.91 Å². The van der Waals surface area contributed by atoms with Crippen LogP contribution >= 0.6 is 0 Å². The van der Waals surface area contributed by atoms with Crippen molar-refractivity contribution in [2.75, 3.05) is 6.54 Å². The van der Waals surface area contributed by atoms with Crippen molar-refractivity contribution in [2.24, 2.45) is 5.92 Å². The van der Waals surface area contributed by atoms with Gasteiger partial charge in [0.05, 0.1) is 0 Å². The van der Waals surface area contributed by atoms with Crippen LogP contribution in [0.4, 0.5) is 0 Å². The van der Waals surface area contributed by atoms with E-state index < -0.39 is 0 Å². The van der Waals surface area contributed by atoms with Crippen molar-refractivity contribution in [2.45, 2.75) is 51.6 Å². The van der Waals surface area contributed by atoms with Gasteiger partial charge in [-0.05, 0) is 67.8 Å². The van der Waals surface area contributed by atoms with Crippen molar-refractivity contribution in [3.05, 3.63) is 34.9 Å². The quantitative estimate of drug-likeness (QED) is 0.869. The van der Waals surface area contributed by atoms with E-state index in [1.165, 1.54) is 24.0 Å². The minimum Gasteiger partial charge on any atom is -0.349 e. The molecule has 20 heavy (non-hydrogen) atoms. The van der Waals surface area contributed by atoms with E-state index in [1.807, 2.05) is 6.07 Å². The van der Waals surface area contributed by atoms with E-state index in [4.69, 9.17) is 0 Å². The molecule has 2 N–H and O–H groups in total. The molecule has 0 spiro atoms. The van der Waals surface area contributed by atoms with E-state index in [0.717, 1.165) is 43.8 Å². The molecule has 0 unspecified atom stereocenters. The molecule has 1 aromatic rings. The third-order valence-corrected chi connectivity index (χ3v) is 4.71. The summed E-state index contributed by atoms with van der Waals surface area (Å²) in [6.07, 6.45) is 5.79. The summed E-state index contributed by atoms with van der Waals surface area (Å²) in [7, 11) is 0. The molecule has 2 aliphatic rings. The lowest BCUT2D eigenvalue weighted by atomic mass is 9.87. The third-order valence-electron chi connectivity index (χ3n) is 4.71. The first-order valence-electron chi connectivity index (χ1n) is 7.86. The fourth-order valence-electron chi connectivity index (χ4n) is 3.29. The van der Waals surface area contributed by atoms with Gasteiger partial charge in [-0.3, -0.25) is 4.79 Å². The highest BCUT2D eigenvalue weighted by Crippen LogP contribution is 2.24. The maximum absolute atomic E-state index is 12.3. The Morgan fingerprint density at radius 1 is 1.20 bits per heavy atom. The molecule has 108 valence electrons. The SMILES string of the molecule is CC1CCC(NC(=O)c2ccc3c(c2)CNCC3)CC1. The number of fused-ring (bicyclic) bond motifs is 1. The third kappa shape index (κ3) is 3.04. The number of hydrogen-bond acceptors (Lipinski definition) is 2. The summed E-state index contributed by atoms with van der Waals surface area (Å²) >= 11 is 0. The maximum Gasteiger partial charge on any atom is 0.251 e. The van der Waals surface area contributed by atoms with Crippen LogP contribution < -0.4 is 10.6 Å². The molecule has 1 aliphatic carbocycles. The van der Waals surface area contributed by atoms with E-state index in [-0.39, 0.29) is 5.91 Å². The summed E-state index contributed by atoms with van der Waals surface area (Å²) in [4.78, 5) is 12.3. The Hall–Kier alpha value is -1.35. The van der Waals surface area contributed by atoms with E-state index >= 15 is 0 Å². The van der Waals surface area contributed by atoms with Crippen molar-refractivity contribution in [1.29, 1.82) is 0 Å². The zero-order valence-corrected chi connectivity index (χ0v) is 12.2. The summed E-state index contributed by atoms with van der Waals surface area (Å²) in [6, 6.07) is 6.52. The number of carbonyl (C=O) groups excluding carboxylic acids is 1. The topological polar surface area (TPSA) is 41.1 Å². The van der Waals surface area contributed by atoms with Gasteiger partial charge in [-0.1, -0.05) is 13.0 Å². The number of nitrogens with one attached hydrogen (secondary N) is 2. The minimum absolute atomic E-state index is 0.0953. The Morgan fingerprint density at radius 3 is 2.80 bits per heavy atom. The number of rotatable bonds is 2. The highest BCUT2D eigenvalue weighted by Gasteiger charge is 2.20. The van der Waals surface area contributed by atoms with Crippen LogP contribution in [-0.2, 0) is 13.0 Å². The molecule has 0 saturated heterocycles. The summed E-state index contributed by atoms with van der Waals surface area (Å²) in [5.74, 6) is 0.913. The minimum atomic E-state index is 0.0953. The van der Waals surface area contributed by atoms with Crippen LogP contribution in [0.3, 0.4) is 0 Å². The Kier molecular flexibility index (Phi) is 4.06. The first kappa shape index (κ1) is 13.6. The molecule has 0 aromatic heterocycles. The molecule has 1 saturated carbocycles. The molecule has 3 rings (SSSR count). The van der Waals surface area contributed by atoms with Gasteiger partial charge in [-0.15, -0.1) is 0 Å². The first-order valence-corrected chi connectivity index (χ1v) is 7.86. The van der Waals surface area contributed by atoms with Crippen LogP contribution in [0.25, 0.3) is 0 Å². The highest BCUT2D eigenvalue weighted by molar-refractivity contribution is 5.94. The van der Waals surface area contributed by atoms with Crippen LogP contribution in [0.2, 0.25) is 0 Å². The van der Waals surface area contributed by atoms with Gasteiger partial charge >= 0.3 is 0 Å². The Balaban J connectivity index is 1.65. The number of hydrogen-bond donors (Lipinski definition) is 2. The number of amides is 1. The standard InChI is InChI=1S/C17H24N2O/c1-12-2-6-16(7-3-12)19-17(20)14-5-4-13-8-9-18-11-15(13)10-14/h4-5,10,12,16,18H,2-3,6-9,11H2,1H3,(H,19,20). The van der Waals surface area contributed by atoms with Gasteiger partial charge in [0.2, 0.25) is 0 Å². The molecular weight excluding hydrogens is 248 g/mol. The lowest BCUT2D eigenvalue weighted by Crippen LogP contribution is -2.37. The normalized spacial score (nSPS) is 25.9. The molecule has 1 heterocycles. The predicted molar refractivity (Wildman–Crippen MR) is 80.7 cm³/mol. The zero-order chi connectivity index (χ0) is 13.9. The summed E-state index contributed by atoms with van der Waals surface area (Å²) in [6.45, 7) is 4.23. The molecule has 1 aromatic carbocycles. The Bertz CT molecular complexity index is 490. The summed E-state index contributed by atoms with van der Waals surface area (Å²) < 4.78 is 0. The molecule has 0 atom stereocenters. The van der Waals surface area contributed by atoms with Gasteiger partial charge in [0.15, 0.2) is 0 Å². The van der Waals surface area contributed by atoms with Crippen LogP contribution in [0.5, 0.6) is 0 Å². The monoisotopic (exact) mass is 272 g/mol. The lowest BCUT2D eigenvalue weighted by molar-refractivity contribution is 0.0923. The van der Waals surface area contributed by atoms with Crippen molar-refractivity contribution < 1.29 is 4.79 Å². The van der Waals surface area contributed by atoms with E-state index in [2.05, 4.69) is 29.7 Å². The smallest absolute Gasteiger partial charge is 0.251 e. The molecule has 3 heteroatoms. The Labute approximate surface area is 121 Å². The fraction of sp³-hybridized carbons (Fsp3) is 0.588.